The quantitative estimate of drug-likeness (QED) is 0.521. The first-order chi connectivity index (χ1) is 12.7. The van der Waals surface area contributed by atoms with E-state index in [1.807, 2.05) is 0 Å². The van der Waals surface area contributed by atoms with Crippen LogP contribution in [0.1, 0.15) is 15.9 Å². The number of carbonyl (C=O) groups excluding carboxylic acids is 1. The van der Waals surface area contributed by atoms with E-state index in [-0.39, 0.29) is 11.1 Å². The number of allylic oxidation sites excluding steroid dienone is 1. The van der Waals surface area contributed by atoms with Crippen molar-refractivity contribution < 1.29 is 36.9 Å². The van der Waals surface area contributed by atoms with E-state index in [4.69, 9.17) is 14.2 Å². The summed E-state index contributed by atoms with van der Waals surface area (Å²) < 4.78 is 56.1. The largest absolute Gasteiger partial charge is 0.573 e. The van der Waals surface area contributed by atoms with Crippen LogP contribution in [0, 0.1) is 0 Å². The molecule has 0 saturated carbocycles. The number of Topliss-reactive ketones (excluding diaryl/α,β-unsaturated/α-hetero) is 1. The topological polar surface area (TPSA) is 54.0 Å². The number of rotatable bonds is 7. The summed E-state index contributed by atoms with van der Waals surface area (Å²) >= 11 is 0. The van der Waals surface area contributed by atoms with Crippen LogP contribution in [-0.4, -0.2) is 33.5 Å². The Morgan fingerprint density at radius 3 is 1.81 bits per heavy atom. The van der Waals surface area contributed by atoms with Gasteiger partial charge in [-0.25, -0.2) is 0 Å². The van der Waals surface area contributed by atoms with Gasteiger partial charge >= 0.3 is 6.36 Å². The van der Waals surface area contributed by atoms with Crippen LogP contribution in [0.4, 0.5) is 13.2 Å². The lowest BCUT2D eigenvalue weighted by Crippen LogP contribution is -2.17. The maximum absolute atomic E-state index is 12.6. The Kier molecular flexibility index (Phi) is 5.99. The second-order valence-corrected chi connectivity index (χ2v) is 5.29. The maximum Gasteiger partial charge on any atom is 0.573 e. The summed E-state index contributed by atoms with van der Waals surface area (Å²) in [5, 5.41) is 0. The zero-order valence-corrected chi connectivity index (χ0v) is 14.8. The summed E-state index contributed by atoms with van der Waals surface area (Å²) in [6.45, 7) is 3.78. The van der Waals surface area contributed by atoms with Gasteiger partial charge in [-0.2, -0.15) is 0 Å². The SMILES string of the molecule is C=C(C(=O)c1ccc(OC(F)(F)F)cc1)c1cc(OC)c(OC)c(OC)c1. The number of halogens is 3. The fourth-order valence-electron chi connectivity index (χ4n) is 2.37. The first kappa shape index (κ1) is 20.2. The molecule has 5 nitrogen and oxygen atoms in total. The van der Waals surface area contributed by atoms with E-state index in [9.17, 15) is 18.0 Å². The Hall–Kier alpha value is -3.16. The summed E-state index contributed by atoms with van der Waals surface area (Å²) in [5.74, 6) is 0.155. The molecule has 0 saturated heterocycles. The zero-order valence-electron chi connectivity index (χ0n) is 14.8. The van der Waals surface area contributed by atoms with Crippen LogP contribution in [0.2, 0.25) is 0 Å². The fourth-order valence-corrected chi connectivity index (χ4v) is 2.37. The number of carbonyl (C=O) groups is 1. The molecule has 2 rings (SSSR count). The Bertz CT molecular complexity index is 816. The first-order valence-corrected chi connectivity index (χ1v) is 7.60. The molecule has 0 aliphatic rings. The first-order valence-electron chi connectivity index (χ1n) is 7.60. The molecule has 0 aromatic heterocycles. The van der Waals surface area contributed by atoms with E-state index >= 15 is 0 Å². The highest BCUT2D eigenvalue weighted by Gasteiger charge is 2.31. The number of hydrogen-bond acceptors (Lipinski definition) is 5. The highest BCUT2D eigenvalue weighted by Crippen LogP contribution is 2.40. The third kappa shape index (κ3) is 4.72. The van der Waals surface area contributed by atoms with Gasteiger partial charge in [-0.3, -0.25) is 4.79 Å². The Balaban J connectivity index is 2.31. The second-order valence-electron chi connectivity index (χ2n) is 5.29. The molecular weight excluding hydrogens is 365 g/mol. The van der Waals surface area contributed by atoms with Crippen molar-refractivity contribution in [2.24, 2.45) is 0 Å². The van der Waals surface area contributed by atoms with Crippen molar-refractivity contribution in [2.45, 2.75) is 6.36 Å². The molecule has 0 bridgehead atoms. The van der Waals surface area contributed by atoms with Crippen molar-refractivity contribution in [3.05, 3.63) is 54.1 Å². The number of ether oxygens (including phenoxy) is 4. The average Bonchev–Trinajstić information content (AvgIpc) is 2.64. The lowest BCUT2D eigenvalue weighted by molar-refractivity contribution is -0.274. The van der Waals surface area contributed by atoms with Crippen molar-refractivity contribution in [1.82, 2.24) is 0 Å². The minimum absolute atomic E-state index is 0.110. The van der Waals surface area contributed by atoms with Crippen molar-refractivity contribution >= 4 is 11.4 Å². The summed E-state index contributed by atoms with van der Waals surface area (Å²) in [4.78, 5) is 12.6. The summed E-state index contributed by atoms with van der Waals surface area (Å²) in [5.41, 5.74) is 0.687. The molecule has 0 spiro atoms. The Morgan fingerprint density at radius 2 is 1.41 bits per heavy atom. The lowest BCUT2D eigenvalue weighted by Gasteiger charge is -2.15. The molecule has 2 aromatic carbocycles. The third-order valence-electron chi connectivity index (χ3n) is 3.64. The smallest absolute Gasteiger partial charge is 0.493 e. The summed E-state index contributed by atoms with van der Waals surface area (Å²) in [7, 11) is 4.32. The molecule has 0 unspecified atom stereocenters. The minimum Gasteiger partial charge on any atom is -0.493 e. The molecule has 0 heterocycles. The molecule has 0 N–H and O–H groups in total. The van der Waals surface area contributed by atoms with Gasteiger partial charge in [-0.05, 0) is 42.0 Å². The van der Waals surface area contributed by atoms with Gasteiger partial charge in [0.05, 0.1) is 21.3 Å². The number of hydrogen-bond donors (Lipinski definition) is 0. The molecule has 144 valence electrons. The van der Waals surface area contributed by atoms with Gasteiger partial charge in [-0.1, -0.05) is 6.58 Å². The second kappa shape index (κ2) is 8.03. The third-order valence-corrected chi connectivity index (χ3v) is 3.64. The van der Waals surface area contributed by atoms with E-state index in [0.29, 0.717) is 22.8 Å². The van der Waals surface area contributed by atoms with E-state index in [2.05, 4.69) is 11.3 Å². The van der Waals surface area contributed by atoms with E-state index < -0.39 is 17.9 Å². The minimum atomic E-state index is -4.80. The molecule has 8 heteroatoms. The van der Waals surface area contributed by atoms with Crippen LogP contribution in [0.15, 0.2) is 43.0 Å². The predicted octanol–water partition coefficient (Wildman–Crippen LogP) is 4.51. The summed E-state index contributed by atoms with van der Waals surface area (Å²) in [6.07, 6.45) is -4.80. The molecule has 0 aliphatic carbocycles. The Morgan fingerprint density at radius 1 is 0.889 bits per heavy atom. The molecule has 27 heavy (non-hydrogen) atoms. The van der Waals surface area contributed by atoms with Gasteiger partial charge in [0.15, 0.2) is 17.3 Å². The zero-order chi connectivity index (χ0) is 20.2. The molecule has 0 amide bonds. The van der Waals surface area contributed by atoms with Gasteiger partial charge in [0.25, 0.3) is 0 Å². The number of methoxy groups -OCH3 is 3. The van der Waals surface area contributed by atoms with Crippen LogP contribution >= 0.6 is 0 Å². The molecule has 0 atom stereocenters. The van der Waals surface area contributed by atoms with Crippen molar-refractivity contribution in [3.63, 3.8) is 0 Å². The van der Waals surface area contributed by atoms with Gasteiger partial charge < -0.3 is 18.9 Å². The highest BCUT2D eigenvalue weighted by molar-refractivity contribution is 6.28. The van der Waals surface area contributed by atoms with Crippen LogP contribution in [0.25, 0.3) is 5.57 Å². The standard InChI is InChI=1S/C19H17F3O5/c1-11(13-9-15(24-2)18(26-4)16(10-13)25-3)17(23)12-5-7-14(8-6-12)27-19(20,21)22/h5-10H,1H2,2-4H3. The average molecular weight is 382 g/mol. The van der Waals surface area contributed by atoms with Crippen LogP contribution in [0.5, 0.6) is 23.0 Å². The number of benzene rings is 2. The van der Waals surface area contributed by atoms with Crippen LogP contribution in [-0.2, 0) is 0 Å². The predicted molar refractivity (Wildman–Crippen MR) is 92.6 cm³/mol. The van der Waals surface area contributed by atoms with Gasteiger partial charge in [0, 0.05) is 11.1 Å². The van der Waals surface area contributed by atoms with E-state index in [1.54, 1.807) is 12.1 Å². The lowest BCUT2D eigenvalue weighted by atomic mass is 9.97. The molecule has 0 radical (unpaired) electrons. The monoisotopic (exact) mass is 382 g/mol. The van der Waals surface area contributed by atoms with E-state index in [1.165, 1.54) is 33.5 Å². The highest BCUT2D eigenvalue weighted by atomic mass is 19.4. The van der Waals surface area contributed by atoms with Gasteiger partial charge in [-0.15, -0.1) is 13.2 Å². The molecule has 0 fully saturated rings. The summed E-state index contributed by atoms with van der Waals surface area (Å²) in [6, 6.07) is 7.69. The maximum atomic E-state index is 12.6. The fraction of sp³-hybridized carbons (Fsp3) is 0.211. The van der Waals surface area contributed by atoms with E-state index in [0.717, 1.165) is 12.1 Å². The molecule has 0 aliphatic heterocycles. The van der Waals surface area contributed by atoms with Crippen molar-refractivity contribution in [1.29, 1.82) is 0 Å². The molecule has 2 aromatic rings. The number of alkyl halides is 3. The Labute approximate surface area is 153 Å². The van der Waals surface area contributed by atoms with Crippen molar-refractivity contribution in [3.8, 4) is 23.0 Å². The van der Waals surface area contributed by atoms with Gasteiger partial charge in [0.2, 0.25) is 5.75 Å². The van der Waals surface area contributed by atoms with Crippen LogP contribution < -0.4 is 18.9 Å². The van der Waals surface area contributed by atoms with Gasteiger partial charge in [0.1, 0.15) is 5.75 Å². The van der Waals surface area contributed by atoms with Crippen LogP contribution in [0.3, 0.4) is 0 Å². The normalized spacial score (nSPS) is 10.9. The van der Waals surface area contributed by atoms with Crippen molar-refractivity contribution in [2.75, 3.05) is 21.3 Å². The number of ketones is 1. The molecular formula is C19H17F3O5.